The van der Waals surface area contributed by atoms with E-state index in [4.69, 9.17) is 14.2 Å². The molecule has 1 aromatic carbocycles. The summed E-state index contributed by atoms with van der Waals surface area (Å²) in [6, 6.07) is 7.64. The van der Waals surface area contributed by atoms with Crippen LogP contribution < -0.4 is 0 Å². The normalized spacial score (nSPS) is 17.1. The fourth-order valence-corrected chi connectivity index (χ4v) is 1.81. The topological polar surface area (TPSA) is 40.0 Å². The summed E-state index contributed by atoms with van der Waals surface area (Å²) in [5.41, 5.74) is 1.69. The van der Waals surface area contributed by atoms with Crippen LogP contribution in [-0.2, 0) is 20.0 Å². The maximum absolute atomic E-state index is 5.40. The Hall–Kier alpha value is -1.39. The van der Waals surface area contributed by atoms with Crippen LogP contribution in [0.4, 0.5) is 5.69 Å². The van der Waals surface area contributed by atoms with Crippen molar-refractivity contribution in [1.29, 1.82) is 0 Å². The maximum Gasteiger partial charge on any atom is 0.276 e. The minimum atomic E-state index is -0.995. The highest BCUT2D eigenvalue weighted by molar-refractivity contribution is 5.93. The second kappa shape index (κ2) is 3.64. The molecule has 0 atom stereocenters. The molecule has 4 nitrogen and oxygen atoms in total. The van der Waals surface area contributed by atoms with E-state index in [1.807, 2.05) is 24.3 Å². The Morgan fingerprint density at radius 1 is 1.07 bits per heavy atom. The van der Waals surface area contributed by atoms with Gasteiger partial charge in [0.1, 0.15) is 0 Å². The average molecular weight is 207 g/mol. The summed E-state index contributed by atoms with van der Waals surface area (Å²) in [6.45, 7) is 0. The Labute approximate surface area is 88.5 Å². The highest BCUT2D eigenvalue weighted by Gasteiger charge is 2.46. The van der Waals surface area contributed by atoms with Crippen LogP contribution in [0.1, 0.15) is 5.56 Å². The van der Waals surface area contributed by atoms with Gasteiger partial charge in [0.15, 0.2) is 0 Å². The van der Waals surface area contributed by atoms with Gasteiger partial charge in [-0.1, -0.05) is 18.2 Å². The van der Waals surface area contributed by atoms with Crippen LogP contribution in [0, 0.1) is 0 Å². The lowest BCUT2D eigenvalue weighted by atomic mass is 10.1. The third kappa shape index (κ3) is 1.26. The second-order valence-electron chi connectivity index (χ2n) is 3.16. The van der Waals surface area contributed by atoms with E-state index in [1.54, 1.807) is 21.3 Å². The lowest BCUT2D eigenvalue weighted by Gasteiger charge is -2.26. The van der Waals surface area contributed by atoms with Crippen molar-refractivity contribution in [1.82, 2.24) is 0 Å². The van der Waals surface area contributed by atoms with Crippen molar-refractivity contribution >= 4 is 11.6 Å². The number of benzene rings is 1. The van der Waals surface area contributed by atoms with Crippen molar-refractivity contribution in [3.05, 3.63) is 29.8 Å². The van der Waals surface area contributed by atoms with Gasteiger partial charge in [-0.3, -0.25) is 0 Å². The molecule has 0 amide bonds. The first kappa shape index (κ1) is 10.1. The highest BCUT2D eigenvalue weighted by Crippen LogP contribution is 2.41. The Balaban J connectivity index is 2.58. The number of hydrogen-bond donors (Lipinski definition) is 0. The minimum absolute atomic E-state index is 0.425. The van der Waals surface area contributed by atoms with E-state index in [0.717, 1.165) is 11.3 Å². The Kier molecular flexibility index (Phi) is 2.46. The number of rotatable bonds is 2. The largest absolute Gasteiger partial charge is 0.480 e. The fraction of sp³-hybridized carbons (Fsp3) is 0.364. The zero-order valence-electron chi connectivity index (χ0n) is 8.98. The molecule has 15 heavy (non-hydrogen) atoms. The van der Waals surface area contributed by atoms with Gasteiger partial charge < -0.3 is 14.2 Å². The summed E-state index contributed by atoms with van der Waals surface area (Å²) < 4.78 is 16.0. The van der Waals surface area contributed by atoms with Crippen molar-refractivity contribution in [3.8, 4) is 0 Å². The third-order valence-electron chi connectivity index (χ3n) is 2.53. The minimum Gasteiger partial charge on any atom is -0.480 e. The quantitative estimate of drug-likeness (QED) is 0.694. The van der Waals surface area contributed by atoms with Crippen molar-refractivity contribution in [2.75, 3.05) is 21.3 Å². The van der Waals surface area contributed by atoms with Gasteiger partial charge in [-0.2, -0.15) is 0 Å². The van der Waals surface area contributed by atoms with Gasteiger partial charge in [0.05, 0.1) is 12.8 Å². The maximum atomic E-state index is 5.40. The predicted octanol–water partition coefficient (Wildman–Crippen LogP) is 1.82. The molecule has 0 bridgehead atoms. The first-order valence-corrected chi connectivity index (χ1v) is 4.61. The summed E-state index contributed by atoms with van der Waals surface area (Å²) in [5, 5.41) is 0. The lowest BCUT2D eigenvalue weighted by molar-refractivity contribution is -0.168. The van der Waals surface area contributed by atoms with Crippen LogP contribution >= 0.6 is 0 Å². The second-order valence-corrected chi connectivity index (χ2v) is 3.16. The van der Waals surface area contributed by atoms with E-state index in [9.17, 15) is 0 Å². The van der Waals surface area contributed by atoms with Gasteiger partial charge in [0.25, 0.3) is 11.7 Å². The van der Waals surface area contributed by atoms with Gasteiger partial charge in [0, 0.05) is 19.8 Å². The monoisotopic (exact) mass is 207 g/mol. The molecule has 1 aliphatic rings. The first-order valence-electron chi connectivity index (χ1n) is 4.61. The standard InChI is InChI=1S/C11H13NO3/c1-13-10-11(14-2,15-3)8-6-4-5-7-9(8)12-10/h4-7H,1-3H3. The van der Waals surface area contributed by atoms with E-state index in [2.05, 4.69) is 4.99 Å². The number of nitrogens with zero attached hydrogens (tertiary/aromatic N) is 1. The van der Waals surface area contributed by atoms with Crippen LogP contribution in [0.3, 0.4) is 0 Å². The van der Waals surface area contributed by atoms with Gasteiger partial charge in [-0.25, -0.2) is 4.99 Å². The van der Waals surface area contributed by atoms with Gasteiger partial charge in [-0.05, 0) is 6.07 Å². The number of ether oxygens (including phenoxy) is 3. The molecule has 0 fully saturated rings. The molecule has 0 N–H and O–H groups in total. The molecule has 0 spiro atoms. The van der Waals surface area contributed by atoms with Crippen molar-refractivity contribution in [2.24, 2.45) is 4.99 Å². The van der Waals surface area contributed by atoms with E-state index in [1.165, 1.54) is 0 Å². The Bertz CT molecular complexity index is 397. The van der Waals surface area contributed by atoms with E-state index in [-0.39, 0.29) is 0 Å². The molecule has 0 aliphatic carbocycles. The molecule has 0 aromatic heterocycles. The van der Waals surface area contributed by atoms with Crippen LogP contribution in [-0.4, -0.2) is 27.2 Å². The van der Waals surface area contributed by atoms with Gasteiger partial charge >= 0.3 is 0 Å². The van der Waals surface area contributed by atoms with Crippen molar-refractivity contribution < 1.29 is 14.2 Å². The zero-order chi connectivity index (χ0) is 10.9. The molecule has 1 aliphatic heterocycles. The Morgan fingerprint density at radius 3 is 2.33 bits per heavy atom. The van der Waals surface area contributed by atoms with Crippen molar-refractivity contribution in [3.63, 3.8) is 0 Å². The molecule has 80 valence electrons. The molecule has 1 heterocycles. The van der Waals surface area contributed by atoms with Crippen molar-refractivity contribution in [2.45, 2.75) is 5.79 Å². The average Bonchev–Trinajstić information content (AvgIpc) is 2.63. The van der Waals surface area contributed by atoms with Crippen LogP contribution in [0.15, 0.2) is 29.3 Å². The van der Waals surface area contributed by atoms with Gasteiger partial charge in [-0.15, -0.1) is 0 Å². The summed E-state index contributed by atoms with van der Waals surface area (Å²) in [4.78, 5) is 4.31. The number of aliphatic imine (C=N–C) groups is 1. The smallest absolute Gasteiger partial charge is 0.276 e. The fourth-order valence-electron chi connectivity index (χ4n) is 1.81. The number of fused-ring (bicyclic) bond motifs is 1. The molecule has 1 aromatic rings. The van der Waals surface area contributed by atoms with E-state index in [0.29, 0.717) is 5.90 Å². The number of hydrogen-bond acceptors (Lipinski definition) is 4. The number of para-hydroxylation sites is 1. The van der Waals surface area contributed by atoms with E-state index >= 15 is 0 Å². The van der Waals surface area contributed by atoms with Gasteiger partial charge in [0.2, 0.25) is 0 Å². The van der Waals surface area contributed by atoms with Crippen LogP contribution in [0.25, 0.3) is 0 Å². The van der Waals surface area contributed by atoms with Crippen LogP contribution in [0.5, 0.6) is 0 Å². The number of methoxy groups -OCH3 is 3. The zero-order valence-corrected chi connectivity index (χ0v) is 8.98. The summed E-state index contributed by atoms with van der Waals surface area (Å²) in [6.07, 6.45) is 0. The molecule has 0 saturated carbocycles. The SMILES string of the molecule is COC1=Nc2ccccc2C1(OC)OC. The molecule has 2 rings (SSSR count). The molecule has 0 unspecified atom stereocenters. The molecule has 0 radical (unpaired) electrons. The van der Waals surface area contributed by atoms with E-state index < -0.39 is 5.79 Å². The third-order valence-corrected chi connectivity index (χ3v) is 2.53. The molecular weight excluding hydrogens is 194 g/mol. The lowest BCUT2D eigenvalue weighted by Crippen LogP contribution is -2.38. The molecule has 0 saturated heterocycles. The molecular formula is C11H13NO3. The molecule has 4 heteroatoms. The first-order chi connectivity index (χ1) is 7.28. The summed E-state index contributed by atoms with van der Waals surface area (Å²) in [7, 11) is 4.69. The highest BCUT2D eigenvalue weighted by atomic mass is 16.7. The Morgan fingerprint density at radius 2 is 1.73 bits per heavy atom. The van der Waals surface area contributed by atoms with Crippen LogP contribution in [0.2, 0.25) is 0 Å². The summed E-state index contributed by atoms with van der Waals surface area (Å²) in [5.74, 6) is -0.570. The predicted molar refractivity (Wildman–Crippen MR) is 56.2 cm³/mol. The summed E-state index contributed by atoms with van der Waals surface area (Å²) >= 11 is 0.